The van der Waals surface area contributed by atoms with Gasteiger partial charge in [0.2, 0.25) is 5.91 Å². The Bertz CT molecular complexity index is 949. The third-order valence-corrected chi connectivity index (χ3v) is 5.06. The van der Waals surface area contributed by atoms with Crippen molar-refractivity contribution in [3.63, 3.8) is 0 Å². The smallest absolute Gasteiger partial charge is 0.227 e. The quantitative estimate of drug-likeness (QED) is 0.680. The number of amides is 1. The van der Waals surface area contributed by atoms with Crippen molar-refractivity contribution in [1.29, 1.82) is 0 Å². The van der Waals surface area contributed by atoms with Crippen LogP contribution in [0.4, 0.5) is 0 Å². The molecule has 0 radical (unpaired) electrons. The normalized spacial score (nSPS) is 13.3. The molecule has 1 aromatic heterocycles. The van der Waals surface area contributed by atoms with E-state index in [1.54, 1.807) is 7.11 Å². The van der Waals surface area contributed by atoms with Crippen LogP contribution in [0.5, 0.6) is 5.75 Å². The summed E-state index contributed by atoms with van der Waals surface area (Å²) in [5, 5.41) is 4.86. The van der Waals surface area contributed by atoms with Gasteiger partial charge in [-0.15, -0.1) is 0 Å². The zero-order valence-electron chi connectivity index (χ0n) is 14.9. The van der Waals surface area contributed by atoms with Gasteiger partial charge >= 0.3 is 0 Å². The lowest BCUT2D eigenvalue weighted by molar-refractivity contribution is -0.131. The van der Waals surface area contributed by atoms with Gasteiger partial charge in [-0.25, -0.2) is 0 Å². The second-order valence-corrected chi connectivity index (χ2v) is 6.97. The molecule has 0 spiro atoms. The number of fused-ring (bicyclic) bond motifs is 1. The summed E-state index contributed by atoms with van der Waals surface area (Å²) >= 11 is 5.97. The summed E-state index contributed by atoms with van der Waals surface area (Å²) in [5.41, 5.74) is 3.78. The number of aromatic nitrogens is 1. The molecule has 0 N–H and O–H groups in total. The summed E-state index contributed by atoms with van der Waals surface area (Å²) in [5.74, 6) is 1.59. The molecule has 0 bridgehead atoms. The Hall–Kier alpha value is -2.79. The number of carbonyl (C=O) groups excluding carboxylic acids is 1. The van der Waals surface area contributed by atoms with Crippen LogP contribution in [0.15, 0.2) is 53.1 Å². The van der Waals surface area contributed by atoms with Crippen LogP contribution in [-0.4, -0.2) is 29.6 Å². The predicted octanol–water partition coefficient (Wildman–Crippen LogP) is 4.13. The number of benzene rings is 2. The second-order valence-electron chi connectivity index (χ2n) is 6.53. The summed E-state index contributed by atoms with van der Waals surface area (Å²) in [6.07, 6.45) is 1.06. The fourth-order valence-corrected chi connectivity index (χ4v) is 3.41. The highest BCUT2D eigenvalue weighted by Gasteiger charge is 2.27. The van der Waals surface area contributed by atoms with Crippen LogP contribution in [0, 0.1) is 0 Å². The summed E-state index contributed by atoms with van der Waals surface area (Å²) in [7, 11) is 1.63. The maximum atomic E-state index is 12.8. The molecule has 0 aliphatic carbocycles. The summed E-state index contributed by atoms with van der Waals surface area (Å²) in [6.45, 7) is 1.15. The zero-order valence-corrected chi connectivity index (χ0v) is 15.7. The van der Waals surface area contributed by atoms with Gasteiger partial charge in [0.25, 0.3) is 0 Å². The number of methoxy groups -OCH3 is 1. The molecule has 3 aromatic rings. The molecule has 2 aromatic carbocycles. The van der Waals surface area contributed by atoms with Crippen LogP contribution in [0.1, 0.15) is 16.8 Å². The van der Waals surface area contributed by atoms with Crippen LogP contribution in [0.25, 0.3) is 11.3 Å². The monoisotopic (exact) mass is 382 g/mol. The first-order valence-electron chi connectivity index (χ1n) is 8.78. The number of halogens is 1. The fraction of sp³-hybridized carbons (Fsp3) is 0.238. The van der Waals surface area contributed by atoms with E-state index in [-0.39, 0.29) is 5.91 Å². The van der Waals surface area contributed by atoms with E-state index in [2.05, 4.69) is 5.16 Å². The van der Waals surface area contributed by atoms with Crippen LogP contribution >= 0.6 is 11.6 Å². The third kappa shape index (κ3) is 3.69. The second kappa shape index (κ2) is 7.45. The first-order valence-corrected chi connectivity index (χ1v) is 9.16. The highest BCUT2D eigenvalue weighted by atomic mass is 35.5. The standard InChI is InChI=1S/C21H19ClN2O3/c1-26-17-8-2-14(3-9-17)12-20(25)24-11-10-19-18(13-24)21(27-23-19)15-4-6-16(22)7-5-15/h2-9H,10-13H2,1H3. The Morgan fingerprint density at radius 1 is 1.19 bits per heavy atom. The SMILES string of the molecule is COc1ccc(CC(=O)N2CCc3noc(-c4ccc(Cl)cc4)c3C2)cc1. The Labute approximate surface area is 162 Å². The average molecular weight is 383 g/mol. The molecule has 27 heavy (non-hydrogen) atoms. The van der Waals surface area contributed by atoms with Crippen molar-refractivity contribution < 1.29 is 14.1 Å². The van der Waals surface area contributed by atoms with Gasteiger partial charge in [-0.2, -0.15) is 0 Å². The van der Waals surface area contributed by atoms with E-state index in [0.29, 0.717) is 36.7 Å². The lowest BCUT2D eigenvalue weighted by Crippen LogP contribution is -2.36. The number of hydrogen-bond acceptors (Lipinski definition) is 4. The van der Waals surface area contributed by atoms with Crippen LogP contribution in [0.2, 0.25) is 5.02 Å². The van der Waals surface area contributed by atoms with E-state index in [0.717, 1.165) is 28.1 Å². The molecule has 6 heteroatoms. The molecule has 0 atom stereocenters. The number of hydrogen-bond donors (Lipinski definition) is 0. The lowest BCUT2D eigenvalue weighted by atomic mass is 10.0. The van der Waals surface area contributed by atoms with Gasteiger partial charge < -0.3 is 14.2 Å². The minimum atomic E-state index is 0.0917. The van der Waals surface area contributed by atoms with Crippen molar-refractivity contribution in [3.8, 4) is 17.1 Å². The third-order valence-electron chi connectivity index (χ3n) is 4.81. The van der Waals surface area contributed by atoms with E-state index in [9.17, 15) is 4.79 Å². The summed E-state index contributed by atoms with van der Waals surface area (Å²) in [6, 6.07) is 15.0. The number of ether oxygens (including phenoxy) is 1. The summed E-state index contributed by atoms with van der Waals surface area (Å²) in [4.78, 5) is 14.6. The molecule has 1 aliphatic heterocycles. The Morgan fingerprint density at radius 3 is 2.63 bits per heavy atom. The van der Waals surface area contributed by atoms with Gasteiger partial charge in [-0.1, -0.05) is 28.9 Å². The lowest BCUT2D eigenvalue weighted by Gasteiger charge is -2.26. The molecular formula is C21H19ClN2O3. The highest BCUT2D eigenvalue weighted by molar-refractivity contribution is 6.30. The predicted molar refractivity (Wildman–Crippen MR) is 103 cm³/mol. The number of nitrogens with zero attached hydrogens (tertiary/aromatic N) is 2. The van der Waals surface area contributed by atoms with E-state index in [1.165, 1.54) is 0 Å². The van der Waals surface area contributed by atoms with E-state index in [1.807, 2.05) is 53.4 Å². The van der Waals surface area contributed by atoms with Gasteiger partial charge in [-0.05, 0) is 42.0 Å². The van der Waals surface area contributed by atoms with E-state index < -0.39 is 0 Å². The highest BCUT2D eigenvalue weighted by Crippen LogP contribution is 2.31. The van der Waals surface area contributed by atoms with E-state index in [4.69, 9.17) is 20.9 Å². The van der Waals surface area contributed by atoms with Crippen LogP contribution in [0.3, 0.4) is 0 Å². The van der Waals surface area contributed by atoms with Crippen molar-refractivity contribution in [1.82, 2.24) is 10.1 Å². The molecule has 1 aliphatic rings. The molecule has 0 saturated heterocycles. The molecule has 138 valence electrons. The average Bonchev–Trinajstić information content (AvgIpc) is 3.12. The molecular weight excluding hydrogens is 364 g/mol. The number of carbonyl (C=O) groups is 1. The Balaban J connectivity index is 1.51. The molecule has 0 saturated carbocycles. The fourth-order valence-electron chi connectivity index (χ4n) is 3.28. The molecule has 0 unspecified atom stereocenters. The van der Waals surface area contributed by atoms with Crippen molar-refractivity contribution in [2.24, 2.45) is 0 Å². The van der Waals surface area contributed by atoms with E-state index >= 15 is 0 Å². The minimum absolute atomic E-state index is 0.0917. The van der Waals surface area contributed by atoms with Crippen molar-refractivity contribution in [3.05, 3.63) is 70.4 Å². The molecule has 5 nitrogen and oxygen atoms in total. The van der Waals surface area contributed by atoms with Gasteiger partial charge in [0, 0.05) is 29.1 Å². The summed E-state index contributed by atoms with van der Waals surface area (Å²) < 4.78 is 10.7. The zero-order chi connectivity index (χ0) is 18.8. The van der Waals surface area contributed by atoms with Gasteiger partial charge in [-0.3, -0.25) is 4.79 Å². The number of rotatable bonds is 4. The Morgan fingerprint density at radius 2 is 1.93 bits per heavy atom. The molecule has 0 fully saturated rings. The molecule has 4 rings (SSSR count). The van der Waals surface area contributed by atoms with Crippen molar-refractivity contribution in [2.45, 2.75) is 19.4 Å². The van der Waals surface area contributed by atoms with Gasteiger partial charge in [0.15, 0.2) is 5.76 Å². The van der Waals surface area contributed by atoms with Crippen molar-refractivity contribution in [2.75, 3.05) is 13.7 Å². The maximum absolute atomic E-state index is 12.8. The maximum Gasteiger partial charge on any atom is 0.227 e. The van der Waals surface area contributed by atoms with Gasteiger partial charge in [0.05, 0.1) is 25.8 Å². The first kappa shape index (κ1) is 17.6. The minimum Gasteiger partial charge on any atom is -0.497 e. The van der Waals surface area contributed by atoms with Crippen LogP contribution in [-0.2, 0) is 24.2 Å². The van der Waals surface area contributed by atoms with Crippen molar-refractivity contribution >= 4 is 17.5 Å². The van der Waals surface area contributed by atoms with Gasteiger partial charge in [0.1, 0.15) is 5.75 Å². The molecule has 1 amide bonds. The largest absolute Gasteiger partial charge is 0.497 e. The topological polar surface area (TPSA) is 55.6 Å². The first-order chi connectivity index (χ1) is 13.1. The molecule has 2 heterocycles. The Kier molecular flexibility index (Phi) is 4.86. The van der Waals surface area contributed by atoms with Crippen LogP contribution < -0.4 is 4.74 Å².